The van der Waals surface area contributed by atoms with Gasteiger partial charge in [0.2, 0.25) is 0 Å². The highest BCUT2D eigenvalue weighted by atomic mass is 35.5. The second kappa shape index (κ2) is 7.11. The van der Waals surface area contributed by atoms with Crippen LogP contribution in [-0.2, 0) is 6.42 Å². The number of methoxy groups -OCH3 is 1. The van der Waals surface area contributed by atoms with Gasteiger partial charge in [0.15, 0.2) is 0 Å². The molecule has 0 spiro atoms. The monoisotopic (exact) mass is 304 g/mol. The maximum absolute atomic E-state index is 12.3. The Hall–Kier alpha value is -2.04. The van der Waals surface area contributed by atoms with E-state index in [-0.39, 0.29) is 5.91 Å². The largest absolute Gasteiger partial charge is 0.495 e. The number of hydrogen-bond acceptors (Lipinski definition) is 3. The van der Waals surface area contributed by atoms with Gasteiger partial charge in [-0.15, -0.1) is 0 Å². The second-order valence-corrected chi connectivity index (χ2v) is 4.91. The Balaban J connectivity index is 2.20. The highest BCUT2D eigenvalue weighted by Crippen LogP contribution is 2.27. The minimum Gasteiger partial charge on any atom is -0.495 e. The number of anilines is 1. The predicted molar refractivity (Wildman–Crippen MR) is 85.2 cm³/mol. The predicted octanol–water partition coefficient (Wildman–Crippen LogP) is 3.10. The van der Waals surface area contributed by atoms with Crippen LogP contribution in [0.25, 0.3) is 0 Å². The molecule has 0 saturated heterocycles. The lowest BCUT2D eigenvalue weighted by atomic mass is 10.0. The van der Waals surface area contributed by atoms with Crippen LogP contribution >= 0.6 is 11.6 Å². The Labute approximate surface area is 128 Å². The molecule has 0 aliphatic carbocycles. The van der Waals surface area contributed by atoms with Gasteiger partial charge in [-0.05, 0) is 42.8 Å². The number of ether oxygens (including phenoxy) is 1. The van der Waals surface area contributed by atoms with Crippen LogP contribution in [0.1, 0.15) is 15.9 Å². The molecule has 0 aliphatic rings. The highest BCUT2D eigenvalue weighted by Gasteiger charge is 2.11. The lowest BCUT2D eigenvalue weighted by Crippen LogP contribution is -2.15. The van der Waals surface area contributed by atoms with Crippen molar-refractivity contribution in [1.82, 2.24) is 0 Å². The first-order chi connectivity index (χ1) is 10.2. The summed E-state index contributed by atoms with van der Waals surface area (Å²) in [5.74, 6) is 0.387. The molecular weight excluding hydrogens is 288 g/mol. The van der Waals surface area contributed by atoms with Gasteiger partial charge in [-0.1, -0.05) is 29.8 Å². The van der Waals surface area contributed by atoms with Crippen LogP contribution in [0.15, 0.2) is 42.5 Å². The molecule has 0 fully saturated rings. The smallest absolute Gasteiger partial charge is 0.255 e. The molecule has 0 heterocycles. The van der Waals surface area contributed by atoms with Crippen molar-refractivity contribution in [3.63, 3.8) is 0 Å². The van der Waals surface area contributed by atoms with Crippen molar-refractivity contribution < 1.29 is 9.53 Å². The maximum Gasteiger partial charge on any atom is 0.255 e. The van der Waals surface area contributed by atoms with Gasteiger partial charge in [-0.3, -0.25) is 4.79 Å². The van der Waals surface area contributed by atoms with E-state index >= 15 is 0 Å². The average Bonchev–Trinajstić information content (AvgIpc) is 2.48. The summed E-state index contributed by atoms with van der Waals surface area (Å²) in [6, 6.07) is 12.5. The maximum atomic E-state index is 12.3. The second-order valence-electron chi connectivity index (χ2n) is 4.50. The van der Waals surface area contributed by atoms with Gasteiger partial charge in [0.1, 0.15) is 5.75 Å². The topological polar surface area (TPSA) is 64.3 Å². The van der Waals surface area contributed by atoms with Crippen molar-refractivity contribution in [2.24, 2.45) is 5.73 Å². The van der Waals surface area contributed by atoms with Crippen molar-refractivity contribution in [1.29, 1.82) is 0 Å². The third-order valence-corrected chi connectivity index (χ3v) is 3.38. The number of amides is 1. The Bertz CT molecular complexity index is 644. The highest BCUT2D eigenvalue weighted by molar-refractivity contribution is 6.32. The van der Waals surface area contributed by atoms with Crippen molar-refractivity contribution in [3.8, 4) is 5.75 Å². The summed E-state index contributed by atoms with van der Waals surface area (Å²) in [5, 5.41) is 3.28. The average molecular weight is 305 g/mol. The molecule has 2 aromatic carbocycles. The van der Waals surface area contributed by atoms with E-state index in [0.717, 1.165) is 5.56 Å². The molecule has 5 heteroatoms. The van der Waals surface area contributed by atoms with Gasteiger partial charge < -0.3 is 15.8 Å². The van der Waals surface area contributed by atoms with Gasteiger partial charge >= 0.3 is 0 Å². The third kappa shape index (κ3) is 3.74. The van der Waals surface area contributed by atoms with E-state index in [1.54, 1.807) is 31.4 Å². The molecule has 0 saturated carbocycles. The van der Waals surface area contributed by atoms with Crippen molar-refractivity contribution in [3.05, 3.63) is 58.6 Å². The van der Waals surface area contributed by atoms with E-state index in [1.165, 1.54) is 0 Å². The lowest BCUT2D eigenvalue weighted by molar-refractivity contribution is 0.102. The van der Waals surface area contributed by atoms with Gasteiger partial charge in [-0.25, -0.2) is 0 Å². The minimum atomic E-state index is -0.180. The van der Waals surface area contributed by atoms with Crippen molar-refractivity contribution >= 4 is 23.2 Å². The summed E-state index contributed by atoms with van der Waals surface area (Å²) in [4.78, 5) is 12.3. The lowest BCUT2D eigenvalue weighted by Gasteiger charge is -2.11. The van der Waals surface area contributed by atoms with Gasteiger partial charge in [0.05, 0.1) is 12.1 Å². The fourth-order valence-corrected chi connectivity index (χ4v) is 2.32. The van der Waals surface area contributed by atoms with Crippen LogP contribution in [0.4, 0.5) is 5.69 Å². The Morgan fingerprint density at radius 2 is 2.05 bits per heavy atom. The molecule has 0 aliphatic heterocycles. The van der Waals surface area contributed by atoms with Crippen LogP contribution in [0.2, 0.25) is 5.02 Å². The Morgan fingerprint density at radius 3 is 2.71 bits per heavy atom. The third-order valence-electron chi connectivity index (χ3n) is 3.09. The van der Waals surface area contributed by atoms with E-state index in [1.807, 2.05) is 18.2 Å². The van der Waals surface area contributed by atoms with Gasteiger partial charge in [0, 0.05) is 11.3 Å². The van der Waals surface area contributed by atoms with Crippen LogP contribution in [0.3, 0.4) is 0 Å². The number of halogens is 1. The summed E-state index contributed by atoms with van der Waals surface area (Å²) in [6.07, 6.45) is 0.660. The summed E-state index contributed by atoms with van der Waals surface area (Å²) < 4.78 is 5.08. The normalized spacial score (nSPS) is 10.2. The quantitative estimate of drug-likeness (QED) is 0.892. The van der Waals surface area contributed by atoms with Crippen LogP contribution in [0.5, 0.6) is 5.75 Å². The van der Waals surface area contributed by atoms with E-state index in [2.05, 4.69) is 5.32 Å². The summed E-state index contributed by atoms with van der Waals surface area (Å²) in [7, 11) is 1.54. The molecule has 110 valence electrons. The standard InChI is InChI=1S/C16H17ClN2O2/c1-21-15-7-6-12(10-14(15)17)19-16(20)13-5-3-2-4-11(13)8-9-18/h2-7,10H,8-9,18H2,1H3,(H,19,20). The number of carbonyl (C=O) groups excluding carboxylic acids is 1. The number of carbonyl (C=O) groups is 1. The van der Waals surface area contributed by atoms with E-state index < -0.39 is 0 Å². The van der Waals surface area contributed by atoms with Gasteiger partial charge in [0.25, 0.3) is 5.91 Å². The molecule has 0 atom stereocenters. The minimum absolute atomic E-state index is 0.180. The molecule has 1 amide bonds. The van der Waals surface area contributed by atoms with E-state index in [4.69, 9.17) is 22.1 Å². The van der Waals surface area contributed by atoms with Gasteiger partial charge in [-0.2, -0.15) is 0 Å². The van der Waals surface area contributed by atoms with Crippen molar-refractivity contribution in [2.45, 2.75) is 6.42 Å². The first-order valence-electron chi connectivity index (χ1n) is 6.58. The zero-order valence-corrected chi connectivity index (χ0v) is 12.5. The number of rotatable bonds is 5. The Morgan fingerprint density at radius 1 is 1.29 bits per heavy atom. The van der Waals surface area contributed by atoms with Crippen LogP contribution in [0, 0.1) is 0 Å². The molecule has 0 bridgehead atoms. The number of benzene rings is 2. The first-order valence-corrected chi connectivity index (χ1v) is 6.96. The zero-order chi connectivity index (χ0) is 15.2. The fourth-order valence-electron chi connectivity index (χ4n) is 2.06. The van der Waals surface area contributed by atoms with Crippen molar-refractivity contribution in [2.75, 3.05) is 19.0 Å². The summed E-state index contributed by atoms with van der Waals surface area (Å²) >= 11 is 6.05. The first kappa shape index (κ1) is 15.4. The number of nitrogens with one attached hydrogen (secondary N) is 1. The van der Waals surface area contributed by atoms with Crippen LogP contribution < -0.4 is 15.8 Å². The molecule has 2 rings (SSSR count). The number of hydrogen-bond donors (Lipinski definition) is 2. The molecule has 0 radical (unpaired) electrons. The molecule has 2 aromatic rings. The molecular formula is C16H17ClN2O2. The molecule has 3 N–H and O–H groups in total. The fraction of sp³-hybridized carbons (Fsp3) is 0.188. The SMILES string of the molecule is COc1ccc(NC(=O)c2ccccc2CCN)cc1Cl. The number of nitrogens with two attached hydrogens (primary N) is 1. The molecule has 21 heavy (non-hydrogen) atoms. The van der Waals surface area contributed by atoms with E-state index in [9.17, 15) is 4.79 Å². The van der Waals surface area contributed by atoms with E-state index in [0.29, 0.717) is 35.0 Å². The zero-order valence-electron chi connectivity index (χ0n) is 11.7. The molecule has 4 nitrogen and oxygen atoms in total. The van der Waals surface area contributed by atoms with Crippen LogP contribution in [-0.4, -0.2) is 19.6 Å². The Kier molecular flexibility index (Phi) is 5.20. The summed E-state index contributed by atoms with van der Waals surface area (Å²) in [6.45, 7) is 0.499. The molecule has 0 unspecified atom stereocenters. The molecule has 0 aromatic heterocycles. The summed E-state index contributed by atoms with van der Waals surface area (Å²) in [5.41, 5.74) is 7.74.